The van der Waals surface area contributed by atoms with Crippen LogP contribution in [0.25, 0.3) is 0 Å². The van der Waals surface area contributed by atoms with Crippen molar-refractivity contribution in [3.63, 3.8) is 0 Å². The van der Waals surface area contributed by atoms with Crippen molar-refractivity contribution in [1.82, 2.24) is 4.90 Å². The summed E-state index contributed by atoms with van der Waals surface area (Å²) in [4.78, 5) is 38.2. The molecule has 3 rings (SSSR count). The van der Waals surface area contributed by atoms with Gasteiger partial charge < -0.3 is 14.7 Å². The van der Waals surface area contributed by atoms with Gasteiger partial charge in [-0.2, -0.15) is 0 Å². The van der Waals surface area contributed by atoms with Gasteiger partial charge in [-0.3, -0.25) is 9.59 Å². The Morgan fingerprint density at radius 1 is 1.22 bits per heavy atom. The molecule has 1 aliphatic heterocycles. The van der Waals surface area contributed by atoms with E-state index in [1.165, 1.54) is 24.1 Å². The number of Topliss-reactive ketones (excluding diaryl/α,β-unsaturated/α-hetero) is 1. The molecule has 0 aromatic heterocycles. The van der Waals surface area contributed by atoms with Crippen molar-refractivity contribution >= 4 is 17.7 Å². The minimum absolute atomic E-state index is 0.0408. The van der Waals surface area contributed by atoms with E-state index in [1.54, 1.807) is 0 Å². The molecule has 1 saturated carbocycles. The number of ether oxygens (including phenoxy) is 1. The Kier molecular flexibility index (Phi) is 5.77. The molecule has 146 valence electrons. The molecule has 3 atom stereocenters. The molecule has 0 radical (unpaired) electrons. The fourth-order valence-corrected chi connectivity index (χ4v) is 4.37. The molecule has 1 N–H and O–H groups in total. The predicted octanol–water partition coefficient (Wildman–Crippen LogP) is 3.04. The highest BCUT2D eigenvalue weighted by molar-refractivity contribution is 5.98. The zero-order valence-electron chi connectivity index (χ0n) is 15.3. The highest BCUT2D eigenvalue weighted by Gasteiger charge is 2.47. The third-order valence-corrected chi connectivity index (χ3v) is 5.70. The number of carbonyl (C=O) groups excluding carboxylic acids is 2. The van der Waals surface area contributed by atoms with Gasteiger partial charge in [0.05, 0.1) is 7.11 Å². The third-order valence-electron chi connectivity index (χ3n) is 5.70. The summed E-state index contributed by atoms with van der Waals surface area (Å²) in [6.45, 7) is 0. The Balaban J connectivity index is 1.66. The van der Waals surface area contributed by atoms with Gasteiger partial charge in [0.25, 0.3) is 0 Å². The first-order chi connectivity index (χ1) is 12.9. The van der Waals surface area contributed by atoms with Crippen molar-refractivity contribution in [2.75, 3.05) is 7.11 Å². The van der Waals surface area contributed by atoms with Crippen molar-refractivity contribution in [3.8, 4) is 5.75 Å². The zero-order valence-corrected chi connectivity index (χ0v) is 15.3. The van der Waals surface area contributed by atoms with Crippen LogP contribution in [0.15, 0.2) is 18.2 Å². The van der Waals surface area contributed by atoms with E-state index in [-0.39, 0.29) is 47.8 Å². The lowest BCUT2D eigenvalue weighted by Crippen LogP contribution is -2.46. The van der Waals surface area contributed by atoms with Crippen LogP contribution in [0.3, 0.4) is 0 Å². The normalized spacial score (nSPS) is 24.4. The fourth-order valence-electron chi connectivity index (χ4n) is 4.37. The standard InChI is InChI=1S/C20H24FNO5/c1-27-18-8-6-13(10-14(18)21)17(23)7-9-19(24)22-15-5-3-2-4-12(15)11-16(22)20(25)26/h6,8,10,12,15-16H,2-5,7,9,11H2,1H3,(H,25,26). The van der Waals surface area contributed by atoms with E-state index >= 15 is 0 Å². The van der Waals surface area contributed by atoms with Crippen LogP contribution in [0, 0.1) is 11.7 Å². The van der Waals surface area contributed by atoms with Crippen LogP contribution in [0.5, 0.6) is 5.75 Å². The summed E-state index contributed by atoms with van der Waals surface area (Å²) in [5.41, 5.74) is 0.174. The largest absolute Gasteiger partial charge is 0.494 e. The summed E-state index contributed by atoms with van der Waals surface area (Å²) in [7, 11) is 1.34. The molecule has 2 aliphatic rings. The molecule has 1 saturated heterocycles. The predicted molar refractivity (Wildman–Crippen MR) is 95.1 cm³/mol. The number of carbonyl (C=O) groups is 3. The number of fused-ring (bicyclic) bond motifs is 1. The number of nitrogens with zero attached hydrogens (tertiary/aromatic N) is 1. The van der Waals surface area contributed by atoms with E-state index in [1.807, 2.05) is 0 Å². The van der Waals surface area contributed by atoms with Crippen LogP contribution in [0.4, 0.5) is 4.39 Å². The smallest absolute Gasteiger partial charge is 0.326 e. The summed E-state index contributed by atoms with van der Waals surface area (Å²) >= 11 is 0. The number of likely N-dealkylation sites (tertiary alicyclic amines) is 1. The van der Waals surface area contributed by atoms with Gasteiger partial charge >= 0.3 is 5.97 Å². The highest BCUT2D eigenvalue weighted by atomic mass is 19.1. The Hall–Kier alpha value is -2.44. The average molecular weight is 377 g/mol. The van der Waals surface area contributed by atoms with E-state index < -0.39 is 17.8 Å². The molecule has 0 spiro atoms. The van der Waals surface area contributed by atoms with Crippen LogP contribution in [-0.2, 0) is 9.59 Å². The molecule has 6 nitrogen and oxygen atoms in total. The number of hydrogen-bond donors (Lipinski definition) is 1. The third kappa shape index (κ3) is 3.96. The van der Waals surface area contributed by atoms with E-state index in [0.29, 0.717) is 6.42 Å². The molecule has 1 heterocycles. The number of halogens is 1. The highest BCUT2D eigenvalue weighted by Crippen LogP contribution is 2.40. The molecule has 1 amide bonds. The van der Waals surface area contributed by atoms with Crippen LogP contribution >= 0.6 is 0 Å². The molecule has 7 heteroatoms. The summed E-state index contributed by atoms with van der Waals surface area (Å²) in [6, 6.07) is 3.08. The number of benzene rings is 1. The summed E-state index contributed by atoms with van der Waals surface area (Å²) in [5, 5.41) is 9.50. The lowest BCUT2D eigenvalue weighted by Gasteiger charge is -2.33. The number of carboxylic acid groups (broad SMARTS) is 1. The molecule has 27 heavy (non-hydrogen) atoms. The lowest BCUT2D eigenvalue weighted by atomic mass is 9.84. The molecule has 1 aromatic carbocycles. The Morgan fingerprint density at radius 3 is 2.63 bits per heavy atom. The van der Waals surface area contributed by atoms with Gasteiger partial charge in [0.15, 0.2) is 17.3 Å². The topological polar surface area (TPSA) is 83.9 Å². The van der Waals surface area contributed by atoms with Gasteiger partial charge in [0.2, 0.25) is 5.91 Å². The number of carboxylic acids is 1. The van der Waals surface area contributed by atoms with Crippen molar-refractivity contribution in [3.05, 3.63) is 29.6 Å². The van der Waals surface area contributed by atoms with Crippen LogP contribution in [-0.4, -0.2) is 46.9 Å². The minimum atomic E-state index is -0.985. The summed E-state index contributed by atoms with van der Waals surface area (Å²) in [6.07, 6.45) is 4.16. The van der Waals surface area contributed by atoms with Gasteiger partial charge in [-0.25, -0.2) is 9.18 Å². The number of rotatable bonds is 6. The van der Waals surface area contributed by atoms with Gasteiger partial charge in [-0.1, -0.05) is 12.8 Å². The summed E-state index contributed by atoms with van der Waals surface area (Å²) < 4.78 is 18.6. The van der Waals surface area contributed by atoms with Gasteiger partial charge in [0.1, 0.15) is 6.04 Å². The number of hydrogen-bond acceptors (Lipinski definition) is 4. The molecule has 1 aromatic rings. The molecule has 0 bridgehead atoms. The second-order valence-electron chi connectivity index (χ2n) is 7.28. The van der Waals surface area contributed by atoms with Gasteiger partial charge in [-0.05, 0) is 43.4 Å². The van der Waals surface area contributed by atoms with Crippen LogP contribution < -0.4 is 4.74 Å². The van der Waals surface area contributed by atoms with Crippen LogP contribution in [0.2, 0.25) is 0 Å². The van der Waals surface area contributed by atoms with E-state index in [2.05, 4.69) is 0 Å². The molecular formula is C20H24FNO5. The average Bonchev–Trinajstić information content (AvgIpc) is 3.05. The Morgan fingerprint density at radius 2 is 1.96 bits per heavy atom. The monoisotopic (exact) mass is 377 g/mol. The maximum atomic E-state index is 13.8. The first-order valence-corrected chi connectivity index (χ1v) is 9.33. The number of ketones is 1. The first-order valence-electron chi connectivity index (χ1n) is 9.33. The quantitative estimate of drug-likeness (QED) is 0.771. The first kappa shape index (κ1) is 19.3. The SMILES string of the molecule is COc1ccc(C(=O)CCC(=O)N2C(C(=O)O)CC3CCCCC32)cc1F. The van der Waals surface area contributed by atoms with Crippen molar-refractivity contribution in [2.45, 2.75) is 57.0 Å². The molecule has 2 fully saturated rings. The summed E-state index contributed by atoms with van der Waals surface area (Å²) in [5.74, 6) is -2.00. The van der Waals surface area contributed by atoms with E-state index in [9.17, 15) is 23.9 Å². The number of amides is 1. The zero-order chi connectivity index (χ0) is 19.6. The Bertz CT molecular complexity index is 750. The molecule has 3 unspecified atom stereocenters. The second kappa shape index (κ2) is 8.06. The Labute approximate surface area is 157 Å². The maximum Gasteiger partial charge on any atom is 0.326 e. The van der Waals surface area contributed by atoms with Crippen molar-refractivity contribution in [1.29, 1.82) is 0 Å². The number of aliphatic carboxylic acids is 1. The lowest BCUT2D eigenvalue weighted by molar-refractivity contribution is -0.149. The van der Waals surface area contributed by atoms with Crippen molar-refractivity contribution in [2.24, 2.45) is 5.92 Å². The van der Waals surface area contributed by atoms with Gasteiger partial charge in [0, 0.05) is 24.4 Å². The van der Waals surface area contributed by atoms with Crippen LogP contribution in [0.1, 0.15) is 55.3 Å². The molecule has 1 aliphatic carbocycles. The molecular weight excluding hydrogens is 353 g/mol. The van der Waals surface area contributed by atoms with E-state index in [0.717, 1.165) is 31.7 Å². The maximum absolute atomic E-state index is 13.8. The fraction of sp³-hybridized carbons (Fsp3) is 0.550. The number of methoxy groups -OCH3 is 1. The van der Waals surface area contributed by atoms with Gasteiger partial charge in [-0.15, -0.1) is 0 Å². The minimum Gasteiger partial charge on any atom is -0.494 e. The second-order valence-corrected chi connectivity index (χ2v) is 7.28. The van der Waals surface area contributed by atoms with E-state index in [4.69, 9.17) is 4.74 Å². The van der Waals surface area contributed by atoms with Crippen molar-refractivity contribution < 1.29 is 28.6 Å².